The number of fused-ring (bicyclic) bond motifs is 1. The van der Waals surface area contributed by atoms with Gasteiger partial charge in [0.2, 0.25) is 0 Å². The molecule has 1 aromatic heterocycles. The summed E-state index contributed by atoms with van der Waals surface area (Å²) in [5, 5.41) is 61.9. The summed E-state index contributed by atoms with van der Waals surface area (Å²) in [6.45, 7) is 3.90. The number of ether oxygens (including phenoxy) is 4. The Morgan fingerprint density at radius 2 is 1.79 bits per heavy atom. The Bertz CT molecular complexity index is 1380. The van der Waals surface area contributed by atoms with Crippen molar-refractivity contribution in [3.05, 3.63) is 50.8 Å². The van der Waals surface area contributed by atoms with Crippen molar-refractivity contribution in [2.75, 3.05) is 6.61 Å². The molecule has 3 aliphatic rings. The smallest absolute Gasteiger partial charge is 0.378 e. The molecular formula is C25H28O13. The second-order valence-corrected chi connectivity index (χ2v) is 9.70. The summed E-state index contributed by atoms with van der Waals surface area (Å²) in [7, 11) is 0. The van der Waals surface area contributed by atoms with E-state index in [9.17, 15) is 40.2 Å². The molecule has 8 atom stereocenters. The minimum atomic E-state index is -1.85. The van der Waals surface area contributed by atoms with Crippen LogP contribution < -0.4 is 5.43 Å². The van der Waals surface area contributed by atoms with Crippen LogP contribution in [0.15, 0.2) is 32.9 Å². The molecule has 5 rings (SSSR count). The molecule has 1 fully saturated rings. The number of hydrogen-bond donors (Lipinski definition) is 6. The van der Waals surface area contributed by atoms with Gasteiger partial charge in [0.1, 0.15) is 41.9 Å². The zero-order chi connectivity index (χ0) is 27.7. The summed E-state index contributed by atoms with van der Waals surface area (Å²) >= 11 is 0. The molecule has 0 radical (unpaired) electrons. The first-order chi connectivity index (χ1) is 17.9. The zero-order valence-corrected chi connectivity index (χ0v) is 20.7. The van der Waals surface area contributed by atoms with Gasteiger partial charge in [0.25, 0.3) is 5.76 Å². The fourth-order valence-corrected chi connectivity index (χ4v) is 5.01. The van der Waals surface area contributed by atoms with Crippen molar-refractivity contribution >= 4 is 16.9 Å². The highest BCUT2D eigenvalue weighted by molar-refractivity contribution is 5.90. The second kappa shape index (κ2) is 9.22. The third kappa shape index (κ3) is 3.85. The van der Waals surface area contributed by atoms with Crippen LogP contribution >= 0.6 is 0 Å². The normalized spacial score (nSPS) is 33.6. The topological polar surface area (TPSA) is 206 Å². The highest BCUT2D eigenvalue weighted by Crippen LogP contribution is 2.47. The first-order valence-electron chi connectivity index (χ1n) is 12.0. The molecule has 1 saturated heterocycles. The van der Waals surface area contributed by atoms with Crippen molar-refractivity contribution in [1.29, 1.82) is 0 Å². The van der Waals surface area contributed by atoms with E-state index in [2.05, 4.69) is 0 Å². The maximum atomic E-state index is 13.3. The fourth-order valence-electron chi connectivity index (χ4n) is 5.01. The van der Waals surface area contributed by atoms with Crippen LogP contribution in [0.25, 0.3) is 11.0 Å². The molecular weight excluding hydrogens is 508 g/mol. The van der Waals surface area contributed by atoms with Crippen molar-refractivity contribution in [1.82, 2.24) is 0 Å². The van der Waals surface area contributed by atoms with E-state index in [4.69, 9.17) is 23.4 Å². The van der Waals surface area contributed by atoms with E-state index >= 15 is 0 Å². The van der Waals surface area contributed by atoms with Gasteiger partial charge >= 0.3 is 11.8 Å². The third-order valence-corrected chi connectivity index (χ3v) is 7.11. The summed E-state index contributed by atoms with van der Waals surface area (Å²) in [6, 6.07) is 2.34. The number of rotatable bonds is 5. The van der Waals surface area contributed by atoms with Crippen LogP contribution in [0.2, 0.25) is 0 Å². The molecule has 13 nitrogen and oxygen atoms in total. The Kier molecular flexibility index (Phi) is 6.41. The van der Waals surface area contributed by atoms with Crippen LogP contribution in [-0.2, 0) is 29.5 Å². The van der Waals surface area contributed by atoms with Crippen LogP contribution in [0.5, 0.6) is 5.75 Å². The number of carbonyl (C=O) groups excluding carboxylic acids is 1. The lowest BCUT2D eigenvalue weighted by atomic mass is 9.89. The maximum Gasteiger partial charge on any atom is 0.378 e. The fraction of sp³-hybridized carbons (Fsp3) is 0.520. The van der Waals surface area contributed by atoms with Crippen molar-refractivity contribution < 1.29 is 58.8 Å². The molecule has 0 amide bonds. The summed E-state index contributed by atoms with van der Waals surface area (Å²) in [6.07, 6.45) is -9.92. The van der Waals surface area contributed by atoms with E-state index in [-0.39, 0.29) is 40.2 Å². The van der Waals surface area contributed by atoms with Gasteiger partial charge < -0.3 is 54.0 Å². The lowest BCUT2D eigenvalue weighted by molar-refractivity contribution is -0.231. The molecule has 2 aromatic rings. The summed E-state index contributed by atoms with van der Waals surface area (Å²) in [5.41, 5.74) is -0.720. The zero-order valence-electron chi connectivity index (χ0n) is 20.7. The minimum Gasteiger partial charge on any atom is -0.507 e. The van der Waals surface area contributed by atoms with Gasteiger partial charge in [-0.1, -0.05) is 6.92 Å². The average molecular weight is 536 g/mol. The Hall–Kier alpha value is -3.20. The number of phenolic OH excluding ortho intramolecular Hbond substituents is 1. The average Bonchev–Trinajstić information content (AvgIpc) is 3.38. The first kappa shape index (κ1) is 26.4. The number of cyclic esters (lactones) is 1. The van der Waals surface area contributed by atoms with Crippen molar-refractivity contribution in [3.8, 4) is 5.75 Å². The maximum absolute atomic E-state index is 13.3. The number of aryl methyl sites for hydroxylation is 1. The number of benzene rings is 1. The Morgan fingerprint density at radius 1 is 1.08 bits per heavy atom. The van der Waals surface area contributed by atoms with E-state index in [1.165, 1.54) is 13.0 Å². The molecule has 38 heavy (non-hydrogen) atoms. The highest BCUT2D eigenvalue weighted by Gasteiger charge is 2.54. The number of phenols is 1. The molecule has 4 unspecified atom stereocenters. The molecule has 0 bridgehead atoms. The standard InChI is InChI=1S/C25H28O13/c1-4-9(27)19-22-23(24(33)36-19)38-25(3,37-22)13-6-11(29)14-8(2)5-10(28)15(20(14)35-13)21-18(32)17(31)16(30)12(7-26)34-21/h5-6,9,12,16-19,21,26-28,30-32H,4,7H2,1-3H3/t9?,12-,16-,17+,18-,19?,21?,25?/m1/s1. The van der Waals surface area contributed by atoms with Gasteiger partial charge in [-0.3, -0.25) is 4.79 Å². The second-order valence-electron chi connectivity index (χ2n) is 9.70. The Morgan fingerprint density at radius 3 is 2.45 bits per heavy atom. The lowest BCUT2D eigenvalue weighted by Crippen LogP contribution is -2.55. The molecule has 0 saturated carbocycles. The predicted octanol–water partition coefficient (Wildman–Crippen LogP) is -0.551. The van der Waals surface area contributed by atoms with Crippen LogP contribution in [0.4, 0.5) is 0 Å². The van der Waals surface area contributed by atoms with E-state index in [1.54, 1.807) is 13.8 Å². The van der Waals surface area contributed by atoms with Crippen molar-refractivity contribution in [2.45, 2.75) is 75.7 Å². The Balaban J connectivity index is 1.63. The van der Waals surface area contributed by atoms with E-state index in [0.29, 0.717) is 5.56 Å². The van der Waals surface area contributed by atoms with Crippen molar-refractivity contribution in [3.63, 3.8) is 0 Å². The largest absolute Gasteiger partial charge is 0.507 e. The SMILES string of the molecule is CCC(O)C1OC(=O)C2=C1OC(C)(c1cc(=O)c3c(C)cc(O)c(C4O[C@H](CO)[C@@H](O)[C@H](O)[C@H]4O)c3o1)O2. The lowest BCUT2D eigenvalue weighted by Gasteiger charge is -2.40. The number of carbonyl (C=O) groups is 1. The van der Waals surface area contributed by atoms with Gasteiger partial charge in [0.15, 0.2) is 23.1 Å². The molecule has 0 spiro atoms. The third-order valence-electron chi connectivity index (χ3n) is 7.11. The summed E-state index contributed by atoms with van der Waals surface area (Å²) in [5.74, 6) is -3.73. The molecule has 1 aromatic carbocycles. The summed E-state index contributed by atoms with van der Waals surface area (Å²) < 4.78 is 28.4. The van der Waals surface area contributed by atoms with Gasteiger partial charge in [-0.2, -0.15) is 0 Å². The monoisotopic (exact) mass is 536 g/mol. The van der Waals surface area contributed by atoms with Gasteiger partial charge in [-0.05, 0) is 25.0 Å². The molecule has 206 valence electrons. The minimum absolute atomic E-state index is 0.0132. The molecule has 0 aliphatic carbocycles. The molecule has 3 aliphatic heterocycles. The summed E-state index contributed by atoms with van der Waals surface area (Å²) in [4.78, 5) is 25.6. The number of aliphatic hydroxyl groups is 5. The molecule has 13 heteroatoms. The first-order valence-corrected chi connectivity index (χ1v) is 12.0. The van der Waals surface area contributed by atoms with E-state index in [0.717, 1.165) is 6.07 Å². The number of esters is 1. The van der Waals surface area contributed by atoms with Gasteiger partial charge in [0.05, 0.1) is 23.7 Å². The highest BCUT2D eigenvalue weighted by atomic mass is 16.8. The number of aromatic hydroxyl groups is 1. The van der Waals surface area contributed by atoms with Gasteiger partial charge in [0, 0.05) is 13.0 Å². The molecule has 6 N–H and O–H groups in total. The van der Waals surface area contributed by atoms with Gasteiger partial charge in [-0.25, -0.2) is 4.79 Å². The van der Waals surface area contributed by atoms with Crippen LogP contribution in [0, 0.1) is 6.92 Å². The molecule has 4 heterocycles. The number of aliphatic hydroxyl groups excluding tert-OH is 5. The van der Waals surface area contributed by atoms with E-state index < -0.39 is 72.3 Å². The van der Waals surface area contributed by atoms with Gasteiger partial charge in [-0.15, -0.1) is 0 Å². The van der Waals surface area contributed by atoms with Crippen LogP contribution in [-0.4, -0.2) is 79.8 Å². The quantitative estimate of drug-likeness (QED) is 0.266. The van der Waals surface area contributed by atoms with E-state index in [1.807, 2.05) is 0 Å². The number of hydrogen-bond acceptors (Lipinski definition) is 13. The van der Waals surface area contributed by atoms with Crippen LogP contribution in [0.3, 0.4) is 0 Å². The van der Waals surface area contributed by atoms with Crippen molar-refractivity contribution in [2.24, 2.45) is 0 Å². The van der Waals surface area contributed by atoms with Crippen LogP contribution in [0.1, 0.15) is 43.3 Å². The Labute approximate surface area is 215 Å². The predicted molar refractivity (Wildman–Crippen MR) is 124 cm³/mol.